The van der Waals surface area contributed by atoms with Crippen LogP contribution in [0.4, 0.5) is 5.82 Å². The first-order chi connectivity index (χ1) is 19.5. The van der Waals surface area contributed by atoms with Crippen LogP contribution in [-0.4, -0.2) is 133 Å². The monoisotopic (exact) mass is 660 g/mol. The third-order valence-electron chi connectivity index (χ3n) is 6.24. The number of fused-ring (bicyclic) bond motifs is 1. The van der Waals surface area contributed by atoms with Crippen LogP contribution in [0.25, 0.3) is 11.2 Å². The molecular formula is C18H26N6O15P2S. The van der Waals surface area contributed by atoms with Crippen molar-refractivity contribution >= 4 is 43.9 Å². The Kier molecular flexibility index (Phi) is 9.64. The van der Waals surface area contributed by atoms with Crippen molar-refractivity contribution in [2.24, 2.45) is 0 Å². The van der Waals surface area contributed by atoms with E-state index in [1.807, 2.05) is 5.92 Å². The lowest BCUT2D eigenvalue weighted by molar-refractivity contribution is -0.292. The summed E-state index contributed by atoms with van der Waals surface area (Å²) in [5, 5.41) is 78.0. The summed E-state index contributed by atoms with van der Waals surface area (Å²) in [6.45, 7) is -6.80. The Labute approximate surface area is 240 Å². The van der Waals surface area contributed by atoms with Crippen LogP contribution in [0.3, 0.4) is 0 Å². The van der Waals surface area contributed by atoms with E-state index < -0.39 is 88.7 Å². The molecule has 7 unspecified atom stereocenters. The Hall–Kier alpha value is -1.87. The van der Waals surface area contributed by atoms with Crippen molar-refractivity contribution in [1.29, 1.82) is 0 Å². The Morgan fingerprint density at radius 3 is 2.55 bits per heavy atom. The van der Waals surface area contributed by atoms with E-state index >= 15 is 0 Å². The van der Waals surface area contributed by atoms with E-state index in [4.69, 9.17) is 31.3 Å². The highest BCUT2D eigenvalue weighted by Gasteiger charge is 2.57. The number of aromatic nitrogens is 5. The number of nitrogens with zero attached hydrogens (tertiary/aromatic N) is 5. The Balaban J connectivity index is 1.44. The fourth-order valence-electron chi connectivity index (χ4n) is 4.10. The molecular weight excluding hydrogens is 634 g/mol. The number of hydrogen-bond acceptors (Lipinski definition) is 19. The Morgan fingerprint density at radius 1 is 1.21 bits per heavy atom. The van der Waals surface area contributed by atoms with Crippen LogP contribution < -0.4 is 5.73 Å². The number of aliphatic hydroxyl groups is 7. The number of aliphatic hydroxyl groups excluding tert-OH is 6. The van der Waals surface area contributed by atoms with Crippen LogP contribution in [0.2, 0.25) is 0 Å². The van der Waals surface area contributed by atoms with Crippen molar-refractivity contribution in [3.63, 3.8) is 0 Å². The van der Waals surface area contributed by atoms with Gasteiger partial charge in [0.05, 0.1) is 13.2 Å². The molecule has 4 rings (SSSR count). The number of anilines is 1. The van der Waals surface area contributed by atoms with Crippen LogP contribution >= 0.6 is 26.9 Å². The van der Waals surface area contributed by atoms with E-state index in [1.54, 1.807) is 0 Å². The molecule has 2 aromatic rings. The maximum absolute atomic E-state index is 12.7. The molecule has 2 aliphatic rings. The van der Waals surface area contributed by atoms with Crippen molar-refractivity contribution in [2.75, 3.05) is 18.9 Å². The summed E-state index contributed by atoms with van der Waals surface area (Å²) in [4.78, 5) is 17.8. The zero-order chi connectivity index (χ0) is 31.2. The van der Waals surface area contributed by atoms with Crippen molar-refractivity contribution in [1.82, 2.24) is 25.0 Å². The zero-order valence-corrected chi connectivity index (χ0v) is 23.5. The number of phosphoric acid groups is 1. The topological polar surface area (TPSA) is 325 Å². The first kappa shape index (κ1) is 33.0. The highest BCUT2D eigenvalue weighted by atomic mass is 32.7. The fourth-order valence-corrected chi connectivity index (χ4v) is 7.29. The van der Waals surface area contributed by atoms with Gasteiger partial charge in [0.2, 0.25) is 5.60 Å². The number of hydrogen-bond donors (Lipinski definition) is 10. The minimum absolute atomic E-state index is 0.0212. The summed E-state index contributed by atoms with van der Waals surface area (Å²) >= 11 is 3.56. The maximum atomic E-state index is 12.7. The number of thiol groups is 1. The van der Waals surface area contributed by atoms with Crippen molar-refractivity contribution < 1.29 is 72.6 Å². The first-order valence-electron chi connectivity index (χ1n) is 11.6. The molecule has 234 valence electrons. The standard InChI is InChI=1S/C18H26N6O15P2S/c1-2-18(31)13(30)7(36-17(18)24-15-8(22-23-24)14(19)20-5-21-15)4-35-41(34,42)39-40(32,33)38-16-11(29)9(27)10(28)12(37-16)6(26)3-25/h1,5-7,9-13,16-17,25-31H,3-4H2,(H,32,33)(H,34,42)(H2,19,20,21)/t6-,7+,9?,10?,11?,12?,13+,16?,17+,18+,41?/m0/s1. The predicted molar refractivity (Wildman–Crippen MR) is 136 cm³/mol. The quantitative estimate of drug-likeness (QED) is 0.0655. The van der Waals surface area contributed by atoms with E-state index in [-0.39, 0.29) is 17.0 Å². The summed E-state index contributed by atoms with van der Waals surface area (Å²) in [5.74, 6) is 1.91. The van der Waals surface area contributed by atoms with Gasteiger partial charge in [-0.05, 0) is 0 Å². The van der Waals surface area contributed by atoms with Crippen LogP contribution in [0.5, 0.6) is 0 Å². The average molecular weight is 660 g/mol. The molecule has 0 amide bonds. The van der Waals surface area contributed by atoms with E-state index in [9.17, 15) is 44.7 Å². The molecule has 12 atom stereocenters. The molecule has 0 aliphatic carbocycles. The predicted octanol–water partition coefficient (Wildman–Crippen LogP) is -4.22. The Morgan fingerprint density at radius 2 is 1.90 bits per heavy atom. The minimum Gasteiger partial charge on any atom is -0.394 e. The highest BCUT2D eigenvalue weighted by Crippen LogP contribution is 2.66. The van der Waals surface area contributed by atoms with Gasteiger partial charge in [-0.25, -0.2) is 19.1 Å². The van der Waals surface area contributed by atoms with Gasteiger partial charge in [-0.15, -0.1) is 11.5 Å². The second kappa shape index (κ2) is 12.3. The number of terminal acetylenes is 1. The molecule has 0 bridgehead atoms. The third-order valence-corrected chi connectivity index (χ3v) is 9.85. The van der Waals surface area contributed by atoms with Gasteiger partial charge in [0.25, 0.3) is 0 Å². The summed E-state index contributed by atoms with van der Waals surface area (Å²) in [5.41, 5.74) is 3.22. The lowest BCUT2D eigenvalue weighted by Crippen LogP contribution is -2.61. The van der Waals surface area contributed by atoms with Gasteiger partial charge in [0, 0.05) is 0 Å². The molecule has 42 heavy (non-hydrogen) atoms. The van der Waals surface area contributed by atoms with Gasteiger partial charge >= 0.3 is 14.6 Å². The molecule has 0 radical (unpaired) electrons. The molecule has 0 aromatic carbocycles. The smallest absolute Gasteiger partial charge is 0.394 e. The van der Waals surface area contributed by atoms with E-state index in [0.29, 0.717) is 0 Å². The van der Waals surface area contributed by atoms with Crippen LogP contribution in [0.15, 0.2) is 6.33 Å². The van der Waals surface area contributed by atoms with Crippen molar-refractivity contribution in [3.8, 4) is 12.3 Å². The number of nitrogens with two attached hydrogens (primary N) is 1. The summed E-state index contributed by atoms with van der Waals surface area (Å²) in [6, 6.07) is 0. The van der Waals surface area contributed by atoms with Gasteiger partial charge in [0.15, 0.2) is 29.5 Å². The largest absolute Gasteiger partial charge is 0.482 e. The summed E-state index contributed by atoms with van der Waals surface area (Å²) in [7, 11) is -5.54. The average Bonchev–Trinajstić information content (AvgIpc) is 3.46. The fraction of sp³-hybridized carbons (Fsp3) is 0.667. The van der Waals surface area contributed by atoms with Crippen LogP contribution in [0.1, 0.15) is 6.23 Å². The number of phosphoric ester groups is 1. The van der Waals surface area contributed by atoms with E-state index in [0.717, 1.165) is 11.0 Å². The summed E-state index contributed by atoms with van der Waals surface area (Å²) in [6.07, 6.45) is -10.7. The minimum atomic E-state index is -5.54. The highest BCUT2D eigenvalue weighted by molar-refractivity contribution is 8.45. The normalized spacial score (nSPS) is 37.1. The molecule has 2 aromatic heterocycles. The molecule has 0 saturated carbocycles. The SMILES string of the molecule is C#C[C@@]1(O)[C@H](O)[C@@H](COP(=O)(S)OP(=O)(O)OC2OC([C@@H](O)CO)C(O)C(O)C2O)O[C@H]1n1nnc2c(N)ncnc21. The molecule has 2 saturated heterocycles. The van der Waals surface area contributed by atoms with Crippen LogP contribution in [0, 0.1) is 12.3 Å². The third kappa shape index (κ3) is 6.33. The van der Waals surface area contributed by atoms with Gasteiger partial charge in [-0.2, -0.15) is 8.99 Å². The van der Waals surface area contributed by atoms with Crippen LogP contribution in [-0.2, 0) is 32.0 Å². The summed E-state index contributed by atoms with van der Waals surface area (Å²) < 4.78 is 50.7. The Bertz CT molecular complexity index is 1430. The molecule has 24 heteroatoms. The zero-order valence-electron chi connectivity index (χ0n) is 20.9. The lowest BCUT2D eigenvalue weighted by atomic mass is 9.95. The van der Waals surface area contributed by atoms with E-state index in [1.165, 1.54) is 0 Å². The van der Waals surface area contributed by atoms with Gasteiger partial charge < -0.3 is 55.8 Å². The molecule has 2 aliphatic heterocycles. The van der Waals surface area contributed by atoms with Crippen molar-refractivity contribution in [3.05, 3.63) is 6.33 Å². The molecule has 0 spiro atoms. The second-order valence-corrected chi connectivity index (χ2v) is 13.5. The lowest BCUT2D eigenvalue weighted by Gasteiger charge is -2.41. The second-order valence-electron chi connectivity index (χ2n) is 9.02. The van der Waals surface area contributed by atoms with Crippen molar-refractivity contribution in [2.45, 2.75) is 60.8 Å². The molecule has 2 fully saturated rings. The molecule has 4 heterocycles. The maximum Gasteiger partial charge on any atom is 0.482 e. The van der Waals surface area contributed by atoms with E-state index in [2.05, 4.69) is 41.4 Å². The van der Waals surface area contributed by atoms with Gasteiger partial charge in [-0.3, -0.25) is 9.05 Å². The van der Waals surface area contributed by atoms with Gasteiger partial charge in [-0.1, -0.05) is 23.4 Å². The molecule has 21 nitrogen and oxygen atoms in total. The van der Waals surface area contributed by atoms with Gasteiger partial charge in [0.1, 0.15) is 49.1 Å². The number of ether oxygens (including phenoxy) is 2. The number of nitrogen functional groups attached to an aromatic ring is 1. The molecule has 10 N–H and O–H groups in total. The first-order valence-corrected chi connectivity index (χ1v) is 15.8. The number of rotatable bonds is 10.